The molecule has 5 nitrogen and oxygen atoms in total. The van der Waals surface area contributed by atoms with E-state index in [9.17, 15) is 4.79 Å². The molecule has 0 bridgehead atoms. The summed E-state index contributed by atoms with van der Waals surface area (Å²) < 4.78 is 7.66. The van der Waals surface area contributed by atoms with Crippen LogP contribution in [0.2, 0.25) is 0 Å². The van der Waals surface area contributed by atoms with E-state index in [1.807, 2.05) is 36.6 Å². The Hall–Kier alpha value is -2.30. The molecule has 0 fully saturated rings. The Labute approximate surface area is 136 Å². The number of aromatic nitrogens is 2. The van der Waals surface area contributed by atoms with Crippen molar-refractivity contribution in [2.75, 3.05) is 13.2 Å². The zero-order valence-corrected chi connectivity index (χ0v) is 13.7. The maximum absolute atomic E-state index is 12.2. The highest BCUT2D eigenvalue weighted by molar-refractivity contribution is 5.75. The van der Waals surface area contributed by atoms with Crippen LogP contribution in [0, 0.1) is 19.8 Å². The number of ether oxygens (including phenoxy) is 1. The van der Waals surface area contributed by atoms with Gasteiger partial charge in [-0.2, -0.15) is 0 Å². The number of nitrogens with one attached hydrogen (secondary N) is 1. The molecule has 1 aliphatic rings. The van der Waals surface area contributed by atoms with Crippen molar-refractivity contribution >= 4 is 5.91 Å². The van der Waals surface area contributed by atoms with E-state index < -0.39 is 0 Å². The molecule has 0 aliphatic carbocycles. The highest BCUT2D eigenvalue weighted by Gasteiger charge is 2.18. The summed E-state index contributed by atoms with van der Waals surface area (Å²) in [6, 6.07) is 8.15. The van der Waals surface area contributed by atoms with E-state index in [2.05, 4.69) is 16.4 Å². The second-order valence-electron chi connectivity index (χ2n) is 6.16. The second-order valence-corrected chi connectivity index (χ2v) is 6.16. The number of rotatable bonds is 4. The van der Waals surface area contributed by atoms with E-state index in [0.717, 1.165) is 30.0 Å². The lowest BCUT2D eigenvalue weighted by Crippen LogP contribution is -2.33. The summed E-state index contributed by atoms with van der Waals surface area (Å²) in [6.45, 7) is 5.65. The fourth-order valence-electron chi connectivity index (χ4n) is 2.91. The second kappa shape index (κ2) is 6.86. The average Bonchev–Trinajstić information content (AvgIpc) is 2.77. The summed E-state index contributed by atoms with van der Waals surface area (Å²) in [5.41, 5.74) is 3.23. The molecule has 0 spiro atoms. The lowest BCUT2D eigenvalue weighted by Gasteiger charge is -2.15. The lowest BCUT2D eigenvalue weighted by atomic mass is 9.97. The quantitative estimate of drug-likeness (QED) is 0.942. The summed E-state index contributed by atoms with van der Waals surface area (Å²) in [7, 11) is 0. The summed E-state index contributed by atoms with van der Waals surface area (Å²) in [5, 5.41) is 3.05. The van der Waals surface area contributed by atoms with E-state index in [4.69, 9.17) is 4.74 Å². The minimum absolute atomic E-state index is 0.0314. The van der Waals surface area contributed by atoms with Crippen molar-refractivity contribution in [2.24, 2.45) is 5.92 Å². The number of imidazole rings is 1. The summed E-state index contributed by atoms with van der Waals surface area (Å²) in [6.07, 6.45) is 3.62. The molecule has 122 valence electrons. The van der Waals surface area contributed by atoms with Crippen molar-refractivity contribution in [3.8, 4) is 5.75 Å². The molecular weight excluding hydrogens is 290 g/mol. The van der Waals surface area contributed by atoms with Gasteiger partial charge in [-0.1, -0.05) is 18.2 Å². The average molecular weight is 313 g/mol. The lowest BCUT2D eigenvalue weighted by molar-refractivity contribution is -0.121. The minimum atomic E-state index is 0.0314. The van der Waals surface area contributed by atoms with Crippen molar-refractivity contribution in [3.63, 3.8) is 0 Å². The maximum atomic E-state index is 12.2. The molecule has 23 heavy (non-hydrogen) atoms. The first-order valence-corrected chi connectivity index (χ1v) is 8.09. The normalized spacial score (nSPS) is 17.0. The largest absolute Gasteiger partial charge is 0.493 e. The van der Waals surface area contributed by atoms with Crippen molar-refractivity contribution < 1.29 is 9.53 Å². The van der Waals surface area contributed by atoms with Gasteiger partial charge in [0, 0.05) is 12.2 Å². The molecule has 1 aromatic carbocycles. The Bertz CT molecular complexity index is 693. The van der Waals surface area contributed by atoms with Gasteiger partial charge < -0.3 is 14.6 Å². The van der Waals surface area contributed by atoms with Crippen molar-refractivity contribution in [2.45, 2.75) is 33.2 Å². The van der Waals surface area contributed by atoms with Gasteiger partial charge in [0.1, 0.15) is 12.3 Å². The molecule has 5 heteroatoms. The first kappa shape index (κ1) is 15.6. The van der Waals surface area contributed by atoms with Crippen LogP contribution in [0.1, 0.15) is 23.4 Å². The van der Waals surface area contributed by atoms with E-state index in [0.29, 0.717) is 25.6 Å². The van der Waals surface area contributed by atoms with Gasteiger partial charge in [0.05, 0.1) is 18.6 Å². The number of fused-ring (bicyclic) bond motifs is 1. The number of carbonyl (C=O) groups excluding carboxylic acids is 1. The third kappa shape index (κ3) is 3.73. The predicted molar refractivity (Wildman–Crippen MR) is 88.5 cm³/mol. The van der Waals surface area contributed by atoms with Gasteiger partial charge in [-0.3, -0.25) is 4.79 Å². The van der Waals surface area contributed by atoms with Crippen LogP contribution in [-0.4, -0.2) is 28.6 Å². The standard InChI is InChI=1S/C18H23N3O2/c1-13-14(2)21(12-20-13)11-18(22)19-10-15-7-8-23-17-6-4-3-5-16(17)9-15/h3-6,12,15H,7-11H2,1-2H3,(H,19,22)/t15-/m0/s1. The van der Waals surface area contributed by atoms with Crippen LogP contribution in [0.5, 0.6) is 5.75 Å². The van der Waals surface area contributed by atoms with Gasteiger partial charge in [0.2, 0.25) is 5.91 Å². The molecule has 3 rings (SSSR count). The molecule has 0 saturated heterocycles. The Morgan fingerprint density at radius 3 is 3.00 bits per heavy atom. The molecule has 1 aromatic heterocycles. The Morgan fingerprint density at radius 2 is 2.22 bits per heavy atom. The predicted octanol–water partition coefficient (Wildman–Crippen LogP) is 2.26. The number of aryl methyl sites for hydroxylation is 1. The number of nitrogens with zero attached hydrogens (tertiary/aromatic N) is 2. The number of amides is 1. The molecule has 1 amide bonds. The fraction of sp³-hybridized carbons (Fsp3) is 0.444. The van der Waals surface area contributed by atoms with Gasteiger partial charge in [0.15, 0.2) is 0 Å². The van der Waals surface area contributed by atoms with E-state index in [-0.39, 0.29) is 5.91 Å². The number of para-hydroxylation sites is 1. The van der Waals surface area contributed by atoms with Gasteiger partial charge in [-0.25, -0.2) is 4.98 Å². The molecule has 0 radical (unpaired) electrons. The minimum Gasteiger partial charge on any atom is -0.493 e. The molecular formula is C18H23N3O2. The van der Waals surface area contributed by atoms with Crippen LogP contribution in [-0.2, 0) is 17.8 Å². The molecule has 0 unspecified atom stereocenters. The van der Waals surface area contributed by atoms with Crippen molar-refractivity contribution in [1.82, 2.24) is 14.9 Å². The van der Waals surface area contributed by atoms with Crippen LogP contribution < -0.4 is 10.1 Å². The highest BCUT2D eigenvalue weighted by Crippen LogP contribution is 2.26. The zero-order chi connectivity index (χ0) is 16.2. The Balaban J connectivity index is 1.54. The third-order valence-electron chi connectivity index (χ3n) is 4.51. The summed E-state index contributed by atoms with van der Waals surface area (Å²) >= 11 is 0. The third-order valence-corrected chi connectivity index (χ3v) is 4.51. The molecule has 0 saturated carbocycles. The van der Waals surface area contributed by atoms with Crippen LogP contribution in [0.3, 0.4) is 0 Å². The maximum Gasteiger partial charge on any atom is 0.239 e. The summed E-state index contributed by atoms with van der Waals surface area (Å²) in [4.78, 5) is 16.4. The van der Waals surface area contributed by atoms with Crippen LogP contribution in [0.25, 0.3) is 0 Å². The van der Waals surface area contributed by atoms with E-state index in [1.165, 1.54) is 5.56 Å². The van der Waals surface area contributed by atoms with Crippen LogP contribution >= 0.6 is 0 Å². The number of hydrogen-bond acceptors (Lipinski definition) is 3. The van der Waals surface area contributed by atoms with Gasteiger partial charge in [0.25, 0.3) is 0 Å². The number of carbonyl (C=O) groups is 1. The molecule has 2 aromatic rings. The zero-order valence-electron chi connectivity index (χ0n) is 13.7. The Morgan fingerprint density at radius 1 is 1.39 bits per heavy atom. The highest BCUT2D eigenvalue weighted by atomic mass is 16.5. The molecule has 1 aliphatic heterocycles. The van der Waals surface area contributed by atoms with Crippen molar-refractivity contribution in [3.05, 3.63) is 47.5 Å². The van der Waals surface area contributed by atoms with Gasteiger partial charge >= 0.3 is 0 Å². The van der Waals surface area contributed by atoms with Gasteiger partial charge in [-0.15, -0.1) is 0 Å². The topological polar surface area (TPSA) is 56.2 Å². The number of hydrogen-bond donors (Lipinski definition) is 1. The van der Waals surface area contributed by atoms with Crippen molar-refractivity contribution in [1.29, 1.82) is 0 Å². The van der Waals surface area contributed by atoms with Crippen LogP contribution in [0.15, 0.2) is 30.6 Å². The smallest absolute Gasteiger partial charge is 0.239 e. The SMILES string of the molecule is Cc1ncn(CC(=O)NC[C@H]2CCOc3ccccc3C2)c1C. The molecule has 1 N–H and O–H groups in total. The van der Waals surface area contributed by atoms with Gasteiger partial charge in [-0.05, 0) is 44.2 Å². The monoisotopic (exact) mass is 313 g/mol. The first-order chi connectivity index (χ1) is 11.1. The molecule has 2 heterocycles. The first-order valence-electron chi connectivity index (χ1n) is 8.09. The Kier molecular flexibility index (Phi) is 4.65. The number of benzene rings is 1. The molecule has 1 atom stereocenters. The van der Waals surface area contributed by atoms with Crippen LogP contribution in [0.4, 0.5) is 0 Å². The van der Waals surface area contributed by atoms with E-state index in [1.54, 1.807) is 6.33 Å². The van der Waals surface area contributed by atoms with E-state index >= 15 is 0 Å². The fourth-order valence-corrected chi connectivity index (χ4v) is 2.91. The summed E-state index contributed by atoms with van der Waals surface area (Å²) in [5.74, 6) is 1.42.